The molecule has 130 valence electrons. The Balaban J connectivity index is 1.42. The monoisotopic (exact) mass is 338 g/mol. The summed E-state index contributed by atoms with van der Waals surface area (Å²) >= 11 is 0. The molecule has 7 heteroatoms. The van der Waals surface area contributed by atoms with Gasteiger partial charge in [-0.3, -0.25) is 14.9 Å². The Morgan fingerprint density at radius 1 is 1.20 bits per heavy atom. The molecule has 1 amide bonds. The molecule has 4 heterocycles. The van der Waals surface area contributed by atoms with Crippen molar-refractivity contribution in [3.63, 3.8) is 0 Å². The Kier molecular flexibility index (Phi) is 3.99. The van der Waals surface area contributed by atoms with E-state index in [-0.39, 0.29) is 5.91 Å². The zero-order chi connectivity index (χ0) is 17.4. The van der Waals surface area contributed by atoms with Crippen molar-refractivity contribution in [1.82, 2.24) is 30.0 Å². The van der Waals surface area contributed by atoms with Crippen LogP contribution in [0.2, 0.25) is 0 Å². The first-order valence-corrected chi connectivity index (χ1v) is 8.76. The molecule has 1 saturated heterocycles. The molecule has 2 N–H and O–H groups in total. The summed E-state index contributed by atoms with van der Waals surface area (Å²) < 4.78 is 0. The fourth-order valence-electron chi connectivity index (χ4n) is 3.39. The third-order valence-electron chi connectivity index (χ3n) is 4.94. The Bertz CT molecular complexity index is 855. The lowest BCUT2D eigenvalue weighted by Crippen LogP contribution is -2.38. The van der Waals surface area contributed by atoms with Crippen LogP contribution in [0.25, 0.3) is 11.2 Å². The van der Waals surface area contributed by atoms with Crippen LogP contribution in [0.15, 0.2) is 24.5 Å². The SMILES string of the molecule is CC(C)c1cc(C(=O)N2CCC(c3cc4nccnc4[nH]3)CC2)n[nH]1. The number of aromatic amines is 2. The van der Waals surface area contributed by atoms with Gasteiger partial charge in [-0.05, 0) is 30.9 Å². The lowest BCUT2D eigenvalue weighted by atomic mass is 9.93. The van der Waals surface area contributed by atoms with Gasteiger partial charge in [0, 0.05) is 42.8 Å². The number of aromatic nitrogens is 5. The molecule has 0 atom stereocenters. The molecule has 7 nitrogen and oxygen atoms in total. The predicted octanol–water partition coefficient (Wildman–Crippen LogP) is 2.82. The van der Waals surface area contributed by atoms with E-state index in [1.165, 1.54) is 0 Å². The molecule has 4 rings (SSSR count). The molecule has 3 aromatic rings. The van der Waals surface area contributed by atoms with Gasteiger partial charge in [0.25, 0.3) is 5.91 Å². The molecule has 0 saturated carbocycles. The number of carbonyl (C=O) groups excluding carboxylic acids is 1. The van der Waals surface area contributed by atoms with Gasteiger partial charge in [0.1, 0.15) is 11.2 Å². The number of carbonyl (C=O) groups is 1. The number of nitrogens with one attached hydrogen (secondary N) is 2. The minimum Gasteiger partial charge on any atom is -0.342 e. The van der Waals surface area contributed by atoms with Crippen molar-refractivity contribution < 1.29 is 4.79 Å². The van der Waals surface area contributed by atoms with Crippen LogP contribution in [0.1, 0.15) is 60.4 Å². The maximum atomic E-state index is 12.6. The second-order valence-corrected chi connectivity index (χ2v) is 6.94. The van der Waals surface area contributed by atoms with Crippen molar-refractivity contribution >= 4 is 17.1 Å². The van der Waals surface area contributed by atoms with Crippen molar-refractivity contribution in [2.75, 3.05) is 13.1 Å². The van der Waals surface area contributed by atoms with Crippen molar-refractivity contribution in [3.05, 3.63) is 41.6 Å². The standard InChI is InChI=1S/C18H22N6O/c1-11(2)13-9-16(23-22-13)18(25)24-7-3-12(4-8-24)14-10-15-17(21-14)20-6-5-19-15/h5-6,9-12H,3-4,7-8H2,1-2H3,(H,20,21)(H,22,23). The highest BCUT2D eigenvalue weighted by Gasteiger charge is 2.27. The van der Waals surface area contributed by atoms with E-state index in [1.54, 1.807) is 12.4 Å². The molecular formula is C18H22N6O. The van der Waals surface area contributed by atoms with Crippen molar-refractivity contribution in [3.8, 4) is 0 Å². The van der Waals surface area contributed by atoms with Gasteiger partial charge in [-0.2, -0.15) is 5.10 Å². The minimum absolute atomic E-state index is 0.0154. The van der Waals surface area contributed by atoms with E-state index in [0.717, 1.165) is 48.5 Å². The third kappa shape index (κ3) is 3.01. The van der Waals surface area contributed by atoms with Crippen LogP contribution in [0, 0.1) is 0 Å². The molecule has 0 radical (unpaired) electrons. The van der Waals surface area contributed by atoms with E-state index in [2.05, 4.69) is 45.1 Å². The molecule has 1 fully saturated rings. The van der Waals surface area contributed by atoms with Crippen molar-refractivity contribution in [1.29, 1.82) is 0 Å². The van der Waals surface area contributed by atoms with Gasteiger partial charge in [0.05, 0.1) is 0 Å². The van der Waals surface area contributed by atoms with Gasteiger partial charge >= 0.3 is 0 Å². The number of nitrogens with zero attached hydrogens (tertiary/aromatic N) is 4. The van der Waals surface area contributed by atoms with Crippen LogP contribution in [-0.4, -0.2) is 49.0 Å². The van der Waals surface area contributed by atoms with Crippen molar-refractivity contribution in [2.45, 2.75) is 38.5 Å². The summed E-state index contributed by atoms with van der Waals surface area (Å²) in [4.78, 5) is 26.5. The zero-order valence-corrected chi connectivity index (χ0v) is 14.5. The highest BCUT2D eigenvalue weighted by atomic mass is 16.2. The maximum absolute atomic E-state index is 12.6. The fraction of sp³-hybridized carbons (Fsp3) is 0.444. The van der Waals surface area contributed by atoms with E-state index < -0.39 is 0 Å². The first-order valence-electron chi connectivity index (χ1n) is 8.76. The van der Waals surface area contributed by atoms with Crippen LogP contribution in [-0.2, 0) is 0 Å². The highest BCUT2D eigenvalue weighted by molar-refractivity contribution is 5.92. The normalized spacial score (nSPS) is 16.0. The molecular weight excluding hydrogens is 316 g/mol. The molecule has 25 heavy (non-hydrogen) atoms. The summed E-state index contributed by atoms with van der Waals surface area (Å²) in [5.41, 5.74) is 4.40. The molecule has 1 aliphatic heterocycles. The van der Waals surface area contributed by atoms with E-state index in [9.17, 15) is 4.79 Å². The van der Waals surface area contributed by atoms with Crippen LogP contribution in [0.5, 0.6) is 0 Å². The average molecular weight is 338 g/mol. The molecule has 0 aliphatic carbocycles. The lowest BCUT2D eigenvalue weighted by Gasteiger charge is -2.31. The van der Waals surface area contributed by atoms with Gasteiger partial charge in [0.2, 0.25) is 0 Å². The summed E-state index contributed by atoms with van der Waals surface area (Å²) in [7, 11) is 0. The number of hydrogen-bond acceptors (Lipinski definition) is 4. The van der Waals surface area contributed by atoms with Crippen LogP contribution in [0.3, 0.4) is 0 Å². The average Bonchev–Trinajstić information content (AvgIpc) is 3.28. The van der Waals surface area contributed by atoms with Crippen molar-refractivity contribution in [2.24, 2.45) is 0 Å². The molecule has 0 aromatic carbocycles. The summed E-state index contributed by atoms with van der Waals surface area (Å²) in [5.74, 6) is 0.760. The van der Waals surface area contributed by atoms with E-state index in [1.807, 2.05) is 11.0 Å². The van der Waals surface area contributed by atoms with E-state index in [4.69, 9.17) is 0 Å². The van der Waals surface area contributed by atoms with Crippen LogP contribution in [0.4, 0.5) is 0 Å². The molecule has 1 aliphatic rings. The maximum Gasteiger partial charge on any atom is 0.274 e. The molecule has 0 unspecified atom stereocenters. The lowest BCUT2D eigenvalue weighted by molar-refractivity contribution is 0.0706. The van der Waals surface area contributed by atoms with E-state index >= 15 is 0 Å². The molecule has 0 spiro atoms. The van der Waals surface area contributed by atoms with Gasteiger partial charge in [-0.1, -0.05) is 13.8 Å². The van der Waals surface area contributed by atoms with Gasteiger partial charge in [-0.15, -0.1) is 0 Å². The Morgan fingerprint density at radius 2 is 1.96 bits per heavy atom. The van der Waals surface area contributed by atoms with E-state index in [0.29, 0.717) is 17.5 Å². The smallest absolute Gasteiger partial charge is 0.274 e. The predicted molar refractivity (Wildman–Crippen MR) is 94.4 cm³/mol. The zero-order valence-electron chi connectivity index (χ0n) is 14.5. The fourth-order valence-corrected chi connectivity index (χ4v) is 3.39. The Hall–Kier alpha value is -2.70. The number of likely N-dealkylation sites (tertiary alicyclic amines) is 1. The number of piperidine rings is 1. The van der Waals surface area contributed by atoms with Crippen LogP contribution >= 0.6 is 0 Å². The summed E-state index contributed by atoms with van der Waals surface area (Å²) in [6.45, 7) is 5.64. The number of rotatable bonds is 3. The van der Waals surface area contributed by atoms with Gasteiger partial charge in [0.15, 0.2) is 5.65 Å². The number of hydrogen-bond donors (Lipinski definition) is 2. The highest BCUT2D eigenvalue weighted by Crippen LogP contribution is 2.29. The Labute approximate surface area is 145 Å². The first kappa shape index (κ1) is 15.8. The summed E-state index contributed by atoms with van der Waals surface area (Å²) in [6, 6.07) is 3.95. The third-order valence-corrected chi connectivity index (χ3v) is 4.94. The summed E-state index contributed by atoms with van der Waals surface area (Å²) in [6.07, 6.45) is 5.26. The summed E-state index contributed by atoms with van der Waals surface area (Å²) in [5, 5.41) is 7.14. The number of H-pyrrole nitrogens is 2. The van der Waals surface area contributed by atoms with Gasteiger partial charge in [-0.25, -0.2) is 4.98 Å². The van der Waals surface area contributed by atoms with Gasteiger partial charge < -0.3 is 9.88 Å². The topological polar surface area (TPSA) is 90.6 Å². The minimum atomic E-state index is 0.0154. The first-order chi connectivity index (χ1) is 12.1. The second-order valence-electron chi connectivity index (χ2n) is 6.94. The largest absolute Gasteiger partial charge is 0.342 e. The Morgan fingerprint density at radius 3 is 2.64 bits per heavy atom. The quantitative estimate of drug-likeness (QED) is 0.768. The molecule has 3 aromatic heterocycles. The number of amides is 1. The van der Waals surface area contributed by atoms with Crippen LogP contribution < -0.4 is 0 Å². The number of fused-ring (bicyclic) bond motifs is 1. The molecule has 0 bridgehead atoms. The second kappa shape index (κ2) is 6.31.